The van der Waals surface area contributed by atoms with Gasteiger partial charge in [0.25, 0.3) is 5.91 Å². The Morgan fingerprint density at radius 2 is 2.15 bits per heavy atom. The van der Waals surface area contributed by atoms with Crippen LogP contribution in [-0.4, -0.2) is 54.1 Å². The first-order valence-electron chi connectivity index (χ1n) is 8.78. The second-order valence-corrected chi connectivity index (χ2v) is 7.43. The zero-order valence-electron chi connectivity index (χ0n) is 16.0. The Labute approximate surface area is 171 Å². The Bertz CT molecular complexity index is 748. The molecular formula is C19H27ClN4O2S. The van der Waals surface area contributed by atoms with Crippen LogP contribution in [0.1, 0.15) is 18.4 Å². The van der Waals surface area contributed by atoms with Gasteiger partial charge in [-0.2, -0.15) is 5.10 Å². The summed E-state index contributed by atoms with van der Waals surface area (Å²) in [6.45, 7) is 2.17. The molecule has 1 aliphatic rings. The molecule has 1 N–H and O–H groups in total. The molecule has 8 heteroatoms. The number of halogens is 1. The van der Waals surface area contributed by atoms with Gasteiger partial charge in [-0.25, -0.2) is 0 Å². The Balaban J connectivity index is 0.00000261. The Morgan fingerprint density at radius 1 is 1.41 bits per heavy atom. The molecule has 148 valence electrons. The van der Waals surface area contributed by atoms with Crippen LogP contribution in [-0.2, 0) is 16.9 Å². The van der Waals surface area contributed by atoms with Crippen molar-refractivity contribution in [1.29, 1.82) is 0 Å². The molecule has 2 heterocycles. The Hall–Kier alpha value is -1.70. The maximum absolute atomic E-state index is 13.4. The van der Waals surface area contributed by atoms with Gasteiger partial charge in [-0.1, -0.05) is 6.07 Å². The van der Waals surface area contributed by atoms with Crippen molar-refractivity contribution >= 4 is 30.1 Å². The van der Waals surface area contributed by atoms with Gasteiger partial charge in [0.1, 0.15) is 11.3 Å². The maximum atomic E-state index is 13.4. The van der Waals surface area contributed by atoms with Gasteiger partial charge in [0.05, 0.1) is 7.11 Å². The van der Waals surface area contributed by atoms with E-state index < -0.39 is 5.54 Å². The van der Waals surface area contributed by atoms with Crippen LogP contribution in [0.5, 0.6) is 5.75 Å². The molecule has 2 aromatic rings. The van der Waals surface area contributed by atoms with Crippen molar-refractivity contribution in [3.05, 3.63) is 42.2 Å². The molecule has 1 aliphatic heterocycles. The highest BCUT2D eigenvalue weighted by Gasteiger charge is 2.43. The minimum Gasteiger partial charge on any atom is -0.496 e. The van der Waals surface area contributed by atoms with Crippen molar-refractivity contribution in [2.75, 3.05) is 33.5 Å². The summed E-state index contributed by atoms with van der Waals surface area (Å²) in [5.74, 6) is 0.954. The third kappa shape index (κ3) is 4.42. The number of carbonyl (C=O) groups is 1. The molecule has 0 radical (unpaired) electrons. The highest BCUT2D eigenvalue weighted by molar-refractivity contribution is 7.98. The number of hydrogen-bond acceptors (Lipinski definition) is 5. The van der Waals surface area contributed by atoms with E-state index in [1.54, 1.807) is 30.0 Å². The number of methoxy groups -OCH3 is 1. The summed E-state index contributed by atoms with van der Waals surface area (Å²) < 4.78 is 7.30. The van der Waals surface area contributed by atoms with Crippen molar-refractivity contribution in [2.24, 2.45) is 0 Å². The molecule has 1 saturated heterocycles. The molecule has 0 saturated carbocycles. The maximum Gasteiger partial charge on any atom is 0.250 e. The predicted molar refractivity (Wildman–Crippen MR) is 111 cm³/mol. The molecule has 0 bridgehead atoms. The zero-order chi connectivity index (χ0) is 18.6. The Morgan fingerprint density at radius 3 is 2.74 bits per heavy atom. The van der Waals surface area contributed by atoms with Gasteiger partial charge in [0, 0.05) is 30.9 Å². The number of aromatic nitrogens is 2. The van der Waals surface area contributed by atoms with Crippen molar-refractivity contribution in [2.45, 2.75) is 29.8 Å². The van der Waals surface area contributed by atoms with E-state index in [2.05, 4.69) is 16.5 Å². The first-order chi connectivity index (χ1) is 12.6. The second-order valence-electron chi connectivity index (χ2n) is 6.58. The summed E-state index contributed by atoms with van der Waals surface area (Å²) in [4.78, 5) is 16.3. The molecule has 0 atom stereocenters. The third-order valence-electron chi connectivity index (χ3n) is 4.99. The lowest BCUT2D eigenvalue weighted by Gasteiger charge is -2.39. The van der Waals surface area contributed by atoms with E-state index >= 15 is 0 Å². The average molecular weight is 411 g/mol. The largest absolute Gasteiger partial charge is 0.496 e. The highest BCUT2D eigenvalue weighted by atomic mass is 35.5. The van der Waals surface area contributed by atoms with Crippen molar-refractivity contribution in [3.8, 4) is 5.75 Å². The lowest BCUT2D eigenvalue weighted by molar-refractivity contribution is -0.142. The molecule has 1 fully saturated rings. The second kappa shape index (κ2) is 9.48. The van der Waals surface area contributed by atoms with Crippen LogP contribution in [0.25, 0.3) is 0 Å². The van der Waals surface area contributed by atoms with E-state index in [0.29, 0.717) is 6.54 Å². The summed E-state index contributed by atoms with van der Waals surface area (Å²) >= 11 is 1.65. The fraction of sp³-hybridized carbons (Fsp3) is 0.474. The van der Waals surface area contributed by atoms with Crippen LogP contribution >= 0.6 is 24.2 Å². The van der Waals surface area contributed by atoms with E-state index in [9.17, 15) is 4.79 Å². The number of amides is 1. The van der Waals surface area contributed by atoms with Gasteiger partial charge in [-0.3, -0.25) is 9.48 Å². The molecule has 3 rings (SSSR count). The van der Waals surface area contributed by atoms with E-state index in [-0.39, 0.29) is 18.3 Å². The smallest absolute Gasteiger partial charge is 0.250 e. The summed E-state index contributed by atoms with van der Waals surface area (Å²) in [7, 11) is 3.54. The van der Waals surface area contributed by atoms with Crippen LogP contribution in [0.15, 0.2) is 41.6 Å². The fourth-order valence-corrected chi connectivity index (χ4v) is 4.13. The molecule has 6 nitrogen and oxygen atoms in total. The van der Waals surface area contributed by atoms with Gasteiger partial charge in [0.2, 0.25) is 0 Å². The Kier molecular flexibility index (Phi) is 7.59. The molecule has 1 amide bonds. The van der Waals surface area contributed by atoms with Crippen LogP contribution in [0.4, 0.5) is 0 Å². The number of nitrogens with zero attached hydrogens (tertiary/aromatic N) is 3. The van der Waals surface area contributed by atoms with Crippen LogP contribution in [0.2, 0.25) is 0 Å². The average Bonchev–Trinajstić information content (AvgIpc) is 3.23. The first kappa shape index (κ1) is 21.6. The molecule has 1 aromatic carbocycles. The van der Waals surface area contributed by atoms with Gasteiger partial charge >= 0.3 is 0 Å². The zero-order valence-corrected chi connectivity index (χ0v) is 17.6. The monoisotopic (exact) mass is 410 g/mol. The van der Waals surface area contributed by atoms with Gasteiger partial charge in [-0.15, -0.1) is 24.2 Å². The van der Waals surface area contributed by atoms with E-state index in [1.165, 1.54) is 0 Å². The molecular weight excluding hydrogens is 384 g/mol. The fourth-order valence-electron chi connectivity index (χ4n) is 3.58. The van der Waals surface area contributed by atoms with Crippen molar-refractivity contribution in [1.82, 2.24) is 20.0 Å². The summed E-state index contributed by atoms with van der Waals surface area (Å²) in [5, 5.41) is 7.73. The third-order valence-corrected chi connectivity index (χ3v) is 5.76. The lowest BCUT2D eigenvalue weighted by atomic mass is 9.86. The van der Waals surface area contributed by atoms with E-state index in [1.807, 2.05) is 42.4 Å². The van der Waals surface area contributed by atoms with Crippen LogP contribution in [0.3, 0.4) is 0 Å². The minimum atomic E-state index is -0.604. The number of carbonyl (C=O) groups excluding carboxylic acids is 1. The standard InChI is InChI=1S/C19H26N4O2S.ClH/c1-22(14-15-5-6-17(26-3)16(13-15)25-2)18(24)19(7-10-20-11-8-19)23-12-4-9-21-23;/h4-6,9,12-13,20H,7-8,10-11,14H2,1-3H3;1H. The number of nitrogens with one attached hydrogen (secondary N) is 1. The number of benzene rings is 1. The quantitative estimate of drug-likeness (QED) is 0.742. The van der Waals surface area contributed by atoms with Crippen LogP contribution < -0.4 is 10.1 Å². The molecule has 1 aromatic heterocycles. The number of likely N-dealkylation sites (N-methyl/N-ethyl adjacent to an activating group) is 1. The SMILES string of the molecule is COc1cc(CN(C)C(=O)C2(n3cccn3)CCNCC2)ccc1SC.Cl. The first-order valence-corrected chi connectivity index (χ1v) is 10.0. The molecule has 0 unspecified atom stereocenters. The van der Waals surface area contributed by atoms with Gasteiger partial charge < -0.3 is 15.0 Å². The topological polar surface area (TPSA) is 59.4 Å². The van der Waals surface area contributed by atoms with Crippen LogP contribution in [0, 0.1) is 0 Å². The molecule has 0 spiro atoms. The predicted octanol–water partition coefficient (Wildman–Crippen LogP) is 2.77. The van der Waals surface area contributed by atoms with Crippen molar-refractivity contribution in [3.63, 3.8) is 0 Å². The summed E-state index contributed by atoms with van der Waals surface area (Å²) in [6, 6.07) is 7.99. The van der Waals surface area contributed by atoms with E-state index in [0.717, 1.165) is 42.1 Å². The lowest BCUT2D eigenvalue weighted by Crippen LogP contribution is -2.54. The van der Waals surface area contributed by atoms with Gasteiger partial charge in [0.15, 0.2) is 0 Å². The number of piperidine rings is 1. The summed E-state index contributed by atoms with van der Waals surface area (Å²) in [6.07, 6.45) is 7.15. The number of ether oxygens (including phenoxy) is 1. The number of hydrogen-bond donors (Lipinski definition) is 1. The van der Waals surface area contributed by atoms with E-state index in [4.69, 9.17) is 4.74 Å². The minimum absolute atomic E-state index is 0. The summed E-state index contributed by atoms with van der Waals surface area (Å²) in [5.41, 5.74) is 0.451. The highest BCUT2D eigenvalue weighted by Crippen LogP contribution is 2.31. The van der Waals surface area contributed by atoms with Gasteiger partial charge in [-0.05, 0) is 55.9 Å². The molecule has 27 heavy (non-hydrogen) atoms. The number of thioether (sulfide) groups is 1. The normalized spacial score (nSPS) is 15.7. The molecule has 0 aliphatic carbocycles. The number of rotatable bonds is 6. The van der Waals surface area contributed by atoms with Crippen molar-refractivity contribution < 1.29 is 9.53 Å².